The molecule has 0 saturated carbocycles. The molecular weight excluding hydrogens is 813 g/mol. The summed E-state index contributed by atoms with van der Waals surface area (Å²) in [4.78, 5) is 14.8. The Bertz CT molecular complexity index is 3930. The molecule has 0 spiro atoms. The van der Waals surface area contributed by atoms with Crippen LogP contribution in [0.4, 0.5) is 0 Å². The fourth-order valence-electron chi connectivity index (χ4n) is 10.0. The number of benzene rings is 11. The summed E-state index contributed by atoms with van der Waals surface area (Å²) in [5.41, 5.74) is 13.5. The van der Waals surface area contributed by atoms with E-state index in [0.717, 1.165) is 33.5 Å². The number of aromatic nitrogens is 4. The van der Waals surface area contributed by atoms with Crippen LogP contribution in [0.1, 0.15) is 0 Å². The molecule has 4 heteroatoms. The van der Waals surface area contributed by atoms with Crippen LogP contribution in [0, 0.1) is 0 Å². The monoisotopic (exact) mass is 852 g/mol. The Kier molecular flexibility index (Phi) is 9.14. The normalized spacial score (nSPS) is 11.6. The van der Waals surface area contributed by atoms with Gasteiger partial charge in [0.15, 0.2) is 17.5 Å². The molecule has 67 heavy (non-hydrogen) atoms. The van der Waals surface area contributed by atoms with Crippen LogP contribution < -0.4 is 0 Å². The van der Waals surface area contributed by atoms with Gasteiger partial charge in [0.05, 0.1) is 11.0 Å². The Labute approximate surface area is 387 Å². The van der Waals surface area contributed by atoms with Gasteiger partial charge >= 0.3 is 0 Å². The summed E-state index contributed by atoms with van der Waals surface area (Å²) >= 11 is 0. The van der Waals surface area contributed by atoms with E-state index in [-0.39, 0.29) is 0 Å². The minimum atomic E-state index is 0.642. The SMILES string of the molecule is c1ccc(-c2ccc(-n3c4ccccc4c4cc(-c5cccc6c7ccccc7c7cc(-c8ccc(-c9nc(-c%10ccccc%10)nc(-c%10ccccc%10)n9)cc8)ccc7c56)ccc43)cc2)cc1. The van der Waals surface area contributed by atoms with Crippen molar-refractivity contribution < 1.29 is 0 Å². The average Bonchev–Trinajstić information content (AvgIpc) is 3.75. The maximum Gasteiger partial charge on any atom is 0.164 e. The molecule has 0 fully saturated rings. The number of rotatable bonds is 7. The van der Waals surface area contributed by atoms with Crippen LogP contribution in [0.3, 0.4) is 0 Å². The van der Waals surface area contributed by atoms with Crippen molar-refractivity contribution in [1.82, 2.24) is 19.5 Å². The Morgan fingerprint density at radius 2 is 0.657 bits per heavy atom. The van der Waals surface area contributed by atoms with Crippen molar-refractivity contribution in [3.05, 3.63) is 243 Å². The lowest BCUT2D eigenvalue weighted by atomic mass is 9.88. The summed E-state index contributed by atoms with van der Waals surface area (Å²) in [6.07, 6.45) is 0. The van der Waals surface area contributed by atoms with E-state index in [4.69, 9.17) is 15.0 Å². The van der Waals surface area contributed by atoms with E-state index in [1.54, 1.807) is 0 Å². The van der Waals surface area contributed by atoms with Crippen LogP contribution in [0.15, 0.2) is 243 Å². The Hall–Kier alpha value is -8.99. The van der Waals surface area contributed by atoms with E-state index in [1.165, 1.54) is 76.4 Å². The van der Waals surface area contributed by atoms with E-state index in [0.29, 0.717) is 17.5 Å². The molecule has 0 amide bonds. The molecule has 13 aromatic rings. The van der Waals surface area contributed by atoms with Crippen LogP contribution in [0.25, 0.3) is 127 Å². The van der Waals surface area contributed by atoms with Crippen molar-refractivity contribution in [2.24, 2.45) is 0 Å². The van der Waals surface area contributed by atoms with Gasteiger partial charge in [-0.25, -0.2) is 15.0 Å². The predicted octanol–water partition coefficient (Wildman–Crippen LogP) is 16.4. The van der Waals surface area contributed by atoms with Crippen molar-refractivity contribution in [3.63, 3.8) is 0 Å². The smallest absolute Gasteiger partial charge is 0.164 e. The molecule has 11 aromatic carbocycles. The Balaban J connectivity index is 0.918. The maximum atomic E-state index is 4.97. The van der Waals surface area contributed by atoms with E-state index in [2.05, 4.69) is 187 Å². The zero-order chi connectivity index (χ0) is 44.3. The van der Waals surface area contributed by atoms with Gasteiger partial charge in [-0.05, 0) is 102 Å². The second-order valence-corrected chi connectivity index (χ2v) is 17.1. The van der Waals surface area contributed by atoms with Crippen molar-refractivity contribution in [1.29, 1.82) is 0 Å². The molecule has 13 rings (SSSR count). The van der Waals surface area contributed by atoms with Crippen LogP contribution in [-0.4, -0.2) is 19.5 Å². The minimum Gasteiger partial charge on any atom is -0.309 e. The molecule has 312 valence electrons. The highest BCUT2D eigenvalue weighted by atomic mass is 15.0. The average molecular weight is 853 g/mol. The van der Waals surface area contributed by atoms with Crippen molar-refractivity contribution in [3.8, 4) is 73.2 Å². The summed E-state index contributed by atoms with van der Waals surface area (Å²) in [5, 5.41) is 9.93. The first-order chi connectivity index (χ1) is 33.2. The lowest BCUT2D eigenvalue weighted by Gasteiger charge is -2.16. The van der Waals surface area contributed by atoms with Crippen LogP contribution in [0.2, 0.25) is 0 Å². The lowest BCUT2D eigenvalue weighted by molar-refractivity contribution is 1.07. The highest BCUT2D eigenvalue weighted by molar-refractivity contribution is 6.29. The van der Waals surface area contributed by atoms with Gasteiger partial charge in [0, 0.05) is 33.2 Å². The van der Waals surface area contributed by atoms with E-state index in [1.807, 2.05) is 60.7 Å². The van der Waals surface area contributed by atoms with Crippen LogP contribution in [0.5, 0.6) is 0 Å². The topological polar surface area (TPSA) is 43.6 Å². The third kappa shape index (κ3) is 6.65. The summed E-state index contributed by atoms with van der Waals surface area (Å²) in [6.45, 7) is 0. The molecule has 0 atom stereocenters. The largest absolute Gasteiger partial charge is 0.309 e. The molecule has 0 aliphatic rings. The summed E-state index contributed by atoms with van der Waals surface area (Å²) < 4.78 is 2.40. The quantitative estimate of drug-likeness (QED) is 0.150. The number of hydrogen-bond acceptors (Lipinski definition) is 3. The fraction of sp³-hybridized carbons (Fsp3) is 0. The molecule has 0 N–H and O–H groups in total. The molecule has 0 aliphatic carbocycles. The molecule has 0 radical (unpaired) electrons. The van der Waals surface area contributed by atoms with Gasteiger partial charge in [0.2, 0.25) is 0 Å². The summed E-state index contributed by atoms with van der Waals surface area (Å²) in [7, 11) is 0. The summed E-state index contributed by atoms with van der Waals surface area (Å²) in [5.74, 6) is 1.94. The number of hydrogen-bond donors (Lipinski definition) is 0. The van der Waals surface area contributed by atoms with E-state index < -0.39 is 0 Å². The maximum absolute atomic E-state index is 4.97. The van der Waals surface area contributed by atoms with Crippen molar-refractivity contribution in [2.45, 2.75) is 0 Å². The molecule has 2 heterocycles. The van der Waals surface area contributed by atoms with Crippen molar-refractivity contribution in [2.75, 3.05) is 0 Å². The van der Waals surface area contributed by atoms with E-state index in [9.17, 15) is 0 Å². The minimum absolute atomic E-state index is 0.642. The van der Waals surface area contributed by atoms with Crippen molar-refractivity contribution >= 4 is 54.1 Å². The second-order valence-electron chi connectivity index (χ2n) is 17.1. The Morgan fingerprint density at radius 1 is 0.239 bits per heavy atom. The molecule has 0 saturated heterocycles. The third-order valence-electron chi connectivity index (χ3n) is 13.3. The number of nitrogens with zero attached hydrogens (tertiary/aromatic N) is 4. The third-order valence-corrected chi connectivity index (χ3v) is 13.3. The van der Waals surface area contributed by atoms with Gasteiger partial charge in [0.1, 0.15) is 0 Å². The summed E-state index contributed by atoms with van der Waals surface area (Å²) in [6, 6.07) is 86.7. The van der Waals surface area contributed by atoms with Gasteiger partial charge in [-0.1, -0.05) is 206 Å². The van der Waals surface area contributed by atoms with Gasteiger partial charge < -0.3 is 4.57 Å². The molecule has 0 unspecified atom stereocenters. The predicted molar refractivity (Wildman–Crippen MR) is 279 cm³/mol. The Morgan fingerprint density at radius 3 is 1.31 bits per heavy atom. The number of fused-ring (bicyclic) bond motifs is 9. The van der Waals surface area contributed by atoms with Crippen LogP contribution in [-0.2, 0) is 0 Å². The first-order valence-corrected chi connectivity index (χ1v) is 22.8. The standard InChI is InChI=1S/C63H40N4/c1-4-15-41(16-5-1)42-31-35-49(36-32-42)67-58-26-13-12-23-53(58)57-40-48(34-38-59(57)67)50-24-14-25-54-51-21-10-11-22-52(51)56-39-47(33-37-55(56)60(50)54)43-27-29-46(30-28-43)63-65-61(44-17-6-2-7-18-44)64-62(66-63)45-19-8-3-9-20-45/h1-40H. The first kappa shape index (κ1) is 38.5. The first-order valence-electron chi connectivity index (χ1n) is 22.8. The highest BCUT2D eigenvalue weighted by Crippen LogP contribution is 2.43. The zero-order valence-electron chi connectivity index (χ0n) is 36.4. The number of para-hydroxylation sites is 1. The molecule has 4 nitrogen and oxygen atoms in total. The lowest BCUT2D eigenvalue weighted by Crippen LogP contribution is -2.00. The second kappa shape index (κ2) is 15.9. The molecule has 0 aliphatic heterocycles. The van der Waals surface area contributed by atoms with Gasteiger partial charge in [0.25, 0.3) is 0 Å². The molecule has 0 bridgehead atoms. The van der Waals surface area contributed by atoms with Crippen LogP contribution >= 0.6 is 0 Å². The molecule has 2 aromatic heterocycles. The molecular formula is C63H40N4. The van der Waals surface area contributed by atoms with E-state index >= 15 is 0 Å². The fourth-order valence-corrected chi connectivity index (χ4v) is 10.0. The van der Waals surface area contributed by atoms with Gasteiger partial charge in [-0.15, -0.1) is 0 Å². The zero-order valence-corrected chi connectivity index (χ0v) is 36.4. The van der Waals surface area contributed by atoms with Gasteiger partial charge in [-0.2, -0.15) is 0 Å². The highest BCUT2D eigenvalue weighted by Gasteiger charge is 2.18. The van der Waals surface area contributed by atoms with Gasteiger partial charge in [-0.3, -0.25) is 0 Å².